The van der Waals surface area contributed by atoms with Gasteiger partial charge in [0, 0.05) is 6.07 Å². The molecule has 0 saturated carbocycles. The molecule has 0 unspecified atom stereocenters. The van der Waals surface area contributed by atoms with Crippen molar-refractivity contribution in [2.24, 2.45) is 0 Å². The fraction of sp³-hybridized carbons (Fsp3) is 0.0769. The maximum atomic E-state index is 9.73. The van der Waals surface area contributed by atoms with Gasteiger partial charge in [0.2, 0.25) is 5.82 Å². The number of furan rings is 1. The lowest BCUT2D eigenvalue weighted by atomic mass is 10.2. The first-order valence-corrected chi connectivity index (χ1v) is 5.55. The number of aryl methyl sites for hydroxylation is 1. The maximum absolute atomic E-state index is 9.73. The fourth-order valence-electron chi connectivity index (χ4n) is 1.76. The van der Waals surface area contributed by atoms with Gasteiger partial charge in [0.15, 0.2) is 0 Å². The third-order valence-corrected chi connectivity index (χ3v) is 2.74. The summed E-state index contributed by atoms with van der Waals surface area (Å²) in [5, 5.41) is 22.8. The number of nitrogens with zero attached hydrogens (tertiary/aromatic N) is 2. The number of phenols is 2. The Hall–Kier alpha value is -2.76. The maximum Gasteiger partial charge on any atom is 0.262 e. The molecule has 96 valence electrons. The lowest BCUT2D eigenvalue weighted by molar-refractivity contribution is 0.423. The Labute approximate surface area is 107 Å². The molecule has 3 rings (SSSR count). The van der Waals surface area contributed by atoms with Crippen LogP contribution in [0.25, 0.3) is 22.8 Å². The molecule has 3 aromatic rings. The Morgan fingerprint density at radius 2 is 1.95 bits per heavy atom. The molecule has 0 bridgehead atoms. The van der Waals surface area contributed by atoms with Gasteiger partial charge in [-0.15, -0.1) is 0 Å². The largest absolute Gasteiger partial charge is 0.508 e. The molecule has 19 heavy (non-hydrogen) atoms. The molecule has 0 aliphatic heterocycles. The molecule has 0 atom stereocenters. The lowest BCUT2D eigenvalue weighted by Crippen LogP contribution is -1.82. The van der Waals surface area contributed by atoms with Gasteiger partial charge in [-0.2, -0.15) is 4.98 Å². The van der Waals surface area contributed by atoms with E-state index in [1.165, 1.54) is 18.2 Å². The number of rotatable bonds is 2. The van der Waals surface area contributed by atoms with Crippen molar-refractivity contribution in [3.63, 3.8) is 0 Å². The van der Waals surface area contributed by atoms with Crippen molar-refractivity contribution in [1.29, 1.82) is 0 Å². The Kier molecular flexibility index (Phi) is 2.49. The van der Waals surface area contributed by atoms with E-state index >= 15 is 0 Å². The van der Waals surface area contributed by atoms with E-state index in [0.717, 1.165) is 5.56 Å². The molecule has 6 nitrogen and oxygen atoms in total. The zero-order valence-electron chi connectivity index (χ0n) is 9.99. The van der Waals surface area contributed by atoms with Crippen LogP contribution in [0.4, 0.5) is 0 Å². The van der Waals surface area contributed by atoms with Gasteiger partial charge < -0.3 is 19.2 Å². The summed E-state index contributed by atoms with van der Waals surface area (Å²) in [6.07, 6.45) is 1.54. The van der Waals surface area contributed by atoms with Gasteiger partial charge in [-0.25, -0.2) is 0 Å². The number of aromatic nitrogens is 2. The number of phenolic OH excluding ortho intramolecular Hbond substituents is 2. The molecule has 0 radical (unpaired) electrons. The minimum absolute atomic E-state index is 0.0355. The molecule has 0 amide bonds. The van der Waals surface area contributed by atoms with Crippen LogP contribution in [0.2, 0.25) is 0 Å². The van der Waals surface area contributed by atoms with Crippen LogP contribution in [-0.4, -0.2) is 20.4 Å². The first kappa shape index (κ1) is 11.3. The highest BCUT2D eigenvalue weighted by Gasteiger charge is 2.16. The summed E-state index contributed by atoms with van der Waals surface area (Å²) >= 11 is 0. The van der Waals surface area contributed by atoms with E-state index in [1.807, 2.05) is 0 Å². The second-order valence-electron chi connectivity index (χ2n) is 4.02. The van der Waals surface area contributed by atoms with Crippen LogP contribution in [0.15, 0.2) is 39.5 Å². The zero-order chi connectivity index (χ0) is 13.4. The SMILES string of the molecule is Cc1occc1-c1noc(-c2ccc(O)cc2O)n1. The van der Waals surface area contributed by atoms with Crippen molar-refractivity contribution in [2.75, 3.05) is 0 Å². The molecule has 2 N–H and O–H groups in total. The molecule has 6 heteroatoms. The summed E-state index contributed by atoms with van der Waals surface area (Å²) in [5.41, 5.74) is 1.09. The summed E-state index contributed by atoms with van der Waals surface area (Å²) in [7, 11) is 0. The normalized spacial score (nSPS) is 10.8. The van der Waals surface area contributed by atoms with Gasteiger partial charge in [-0.3, -0.25) is 0 Å². The summed E-state index contributed by atoms with van der Waals surface area (Å²) in [5.74, 6) is 1.08. The highest BCUT2D eigenvalue weighted by atomic mass is 16.5. The van der Waals surface area contributed by atoms with Crippen molar-refractivity contribution in [1.82, 2.24) is 10.1 Å². The first-order valence-electron chi connectivity index (χ1n) is 5.55. The average Bonchev–Trinajstić information content (AvgIpc) is 2.97. The quantitative estimate of drug-likeness (QED) is 0.734. The van der Waals surface area contributed by atoms with E-state index in [1.54, 1.807) is 19.3 Å². The molecule has 0 spiro atoms. The minimum atomic E-state index is -0.126. The Balaban J connectivity index is 2.04. The van der Waals surface area contributed by atoms with Crippen LogP contribution in [-0.2, 0) is 0 Å². The molecule has 2 heterocycles. The van der Waals surface area contributed by atoms with E-state index in [2.05, 4.69) is 10.1 Å². The lowest BCUT2D eigenvalue weighted by Gasteiger charge is -1.98. The summed E-state index contributed by atoms with van der Waals surface area (Å²) in [4.78, 5) is 4.19. The molecular weight excluding hydrogens is 248 g/mol. The predicted molar refractivity (Wildman–Crippen MR) is 65.5 cm³/mol. The molecule has 1 aromatic carbocycles. The highest BCUT2D eigenvalue weighted by Crippen LogP contribution is 2.32. The summed E-state index contributed by atoms with van der Waals surface area (Å²) < 4.78 is 10.3. The van der Waals surface area contributed by atoms with E-state index in [4.69, 9.17) is 8.94 Å². The zero-order valence-corrected chi connectivity index (χ0v) is 9.99. The van der Waals surface area contributed by atoms with Crippen LogP contribution >= 0.6 is 0 Å². The van der Waals surface area contributed by atoms with Crippen LogP contribution < -0.4 is 0 Å². The van der Waals surface area contributed by atoms with Gasteiger partial charge in [0.25, 0.3) is 5.89 Å². The smallest absolute Gasteiger partial charge is 0.262 e. The average molecular weight is 258 g/mol. The Bertz CT molecular complexity index is 730. The predicted octanol–water partition coefficient (Wildman–Crippen LogP) is 2.72. The Morgan fingerprint density at radius 1 is 1.11 bits per heavy atom. The molecule has 0 aliphatic rings. The summed E-state index contributed by atoms with van der Waals surface area (Å²) in [6.45, 7) is 1.80. The number of aromatic hydroxyl groups is 2. The number of hydrogen-bond acceptors (Lipinski definition) is 6. The van der Waals surface area contributed by atoms with Crippen LogP contribution in [0.3, 0.4) is 0 Å². The first-order chi connectivity index (χ1) is 9.15. The molecule has 0 aliphatic carbocycles. The van der Waals surface area contributed by atoms with E-state index in [9.17, 15) is 10.2 Å². The van der Waals surface area contributed by atoms with Gasteiger partial charge >= 0.3 is 0 Å². The molecule has 0 fully saturated rings. The molecule has 2 aromatic heterocycles. The van der Waals surface area contributed by atoms with E-state index in [0.29, 0.717) is 17.1 Å². The van der Waals surface area contributed by atoms with E-state index in [-0.39, 0.29) is 17.4 Å². The van der Waals surface area contributed by atoms with Crippen molar-refractivity contribution < 1.29 is 19.2 Å². The third-order valence-electron chi connectivity index (χ3n) is 2.74. The van der Waals surface area contributed by atoms with Crippen LogP contribution in [0, 0.1) is 6.92 Å². The van der Waals surface area contributed by atoms with Crippen molar-refractivity contribution in [3.8, 4) is 34.3 Å². The van der Waals surface area contributed by atoms with Crippen LogP contribution in [0.5, 0.6) is 11.5 Å². The second kappa shape index (κ2) is 4.16. The minimum Gasteiger partial charge on any atom is -0.508 e. The van der Waals surface area contributed by atoms with Gasteiger partial charge in [0.05, 0.1) is 17.4 Å². The van der Waals surface area contributed by atoms with Crippen molar-refractivity contribution in [3.05, 3.63) is 36.3 Å². The van der Waals surface area contributed by atoms with Gasteiger partial charge in [-0.05, 0) is 25.1 Å². The monoisotopic (exact) mass is 258 g/mol. The number of hydrogen-bond donors (Lipinski definition) is 2. The topological polar surface area (TPSA) is 92.5 Å². The highest BCUT2D eigenvalue weighted by molar-refractivity contribution is 5.66. The Morgan fingerprint density at radius 3 is 2.63 bits per heavy atom. The third kappa shape index (κ3) is 1.93. The second-order valence-corrected chi connectivity index (χ2v) is 4.02. The van der Waals surface area contributed by atoms with Crippen LogP contribution in [0.1, 0.15) is 5.76 Å². The molecular formula is C13H10N2O4. The summed E-state index contributed by atoms with van der Waals surface area (Å²) in [6, 6.07) is 5.88. The van der Waals surface area contributed by atoms with Crippen molar-refractivity contribution in [2.45, 2.75) is 6.92 Å². The molecule has 0 saturated heterocycles. The van der Waals surface area contributed by atoms with Crippen molar-refractivity contribution >= 4 is 0 Å². The van der Waals surface area contributed by atoms with Gasteiger partial charge in [0.1, 0.15) is 17.3 Å². The van der Waals surface area contributed by atoms with E-state index < -0.39 is 0 Å². The fourth-order valence-corrected chi connectivity index (χ4v) is 1.76. The standard InChI is InChI=1S/C13H10N2O4/c1-7-9(4-5-18-7)12-14-13(19-15-12)10-3-2-8(16)6-11(10)17/h2-6,16-17H,1H3. The number of benzene rings is 1. The van der Waals surface area contributed by atoms with Gasteiger partial charge in [-0.1, -0.05) is 5.16 Å².